The molecule has 2 aromatic rings. The number of carbonyl (C=O) groups excluding carboxylic acids is 1. The Bertz CT molecular complexity index is 680. The van der Waals surface area contributed by atoms with Gasteiger partial charge >= 0.3 is 5.69 Å². The molecule has 1 amide bonds. The molecule has 0 fully saturated rings. The predicted molar refractivity (Wildman–Crippen MR) is 77.5 cm³/mol. The number of hydrogen-bond acceptors (Lipinski definition) is 4. The smallest absolute Gasteiger partial charge is 0.343 e. The molecule has 8 heteroatoms. The monoisotopic (exact) mass is 310 g/mol. The van der Waals surface area contributed by atoms with Gasteiger partial charge in [-0.1, -0.05) is 23.9 Å². The highest BCUT2D eigenvalue weighted by Gasteiger charge is 2.12. The molecular weight excluding hydrogens is 295 g/mol. The summed E-state index contributed by atoms with van der Waals surface area (Å²) in [5, 5.41) is 9.36. The number of aromatic nitrogens is 3. The molecule has 6 nitrogen and oxygen atoms in total. The van der Waals surface area contributed by atoms with Gasteiger partial charge in [-0.05, 0) is 24.6 Å². The number of nitrogens with zero attached hydrogens (tertiary/aromatic N) is 2. The molecule has 2 N–H and O–H groups in total. The first-order valence-electron chi connectivity index (χ1n) is 6.26. The van der Waals surface area contributed by atoms with E-state index in [0.717, 1.165) is 17.3 Å². The van der Waals surface area contributed by atoms with E-state index in [1.54, 1.807) is 19.2 Å². The highest BCUT2D eigenvalue weighted by Crippen LogP contribution is 2.15. The molecule has 1 unspecified atom stereocenters. The number of H-pyrrole nitrogens is 1. The summed E-state index contributed by atoms with van der Waals surface area (Å²) in [7, 11) is 1.58. The molecule has 0 spiro atoms. The average molecular weight is 310 g/mol. The van der Waals surface area contributed by atoms with Crippen LogP contribution in [0.3, 0.4) is 0 Å². The van der Waals surface area contributed by atoms with Gasteiger partial charge in [-0.25, -0.2) is 14.3 Å². The maximum Gasteiger partial charge on any atom is 0.343 e. The van der Waals surface area contributed by atoms with Gasteiger partial charge in [0.15, 0.2) is 5.16 Å². The van der Waals surface area contributed by atoms with E-state index in [1.165, 1.54) is 16.7 Å². The number of rotatable bonds is 5. The van der Waals surface area contributed by atoms with E-state index in [4.69, 9.17) is 0 Å². The average Bonchev–Trinajstić information content (AvgIpc) is 2.77. The van der Waals surface area contributed by atoms with Crippen LogP contribution in [0.15, 0.2) is 34.2 Å². The molecule has 1 aromatic carbocycles. The second-order valence-corrected chi connectivity index (χ2v) is 5.44. The molecule has 0 bridgehead atoms. The van der Waals surface area contributed by atoms with E-state index in [9.17, 15) is 14.0 Å². The van der Waals surface area contributed by atoms with Crippen LogP contribution in [0.4, 0.5) is 4.39 Å². The lowest BCUT2D eigenvalue weighted by atomic mass is 10.1. The zero-order valence-electron chi connectivity index (χ0n) is 11.6. The number of halogens is 1. The number of carbonyl (C=O) groups is 1. The summed E-state index contributed by atoms with van der Waals surface area (Å²) in [4.78, 5) is 23.0. The summed E-state index contributed by atoms with van der Waals surface area (Å²) >= 11 is 1.16. The zero-order chi connectivity index (χ0) is 15.4. The minimum atomic E-state index is -0.322. The quantitative estimate of drug-likeness (QED) is 0.814. The Kier molecular flexibility index (Phi) is 4.79. The van der Waals surface area contributed by atoms with Crippen LogP contribution in [-0.4, -0.2) is 26.4 Å². The lowest BCUT2D eigenvalue weighted by Crippen LogP contribution is -2.28. The number of hydrogen-bond donors (Lipinski definition) is 2. The number of aromatic amines is 1. The second kappa shape index (κ2) is 6.57. The van der Waals surface area contributed by atoms with E-state index in [2.05, 4.69) is 15.5 Å². The first-order chi connectivity index (χ1) is 9.97. The van der Waals surface area contributed by atoms with Gasteiger partial charge in [-0.2, -0.15) is 0 Å². The van der Waals surface area contributed by atoms with E-state index >= 15 is 0 Å². The van der Waals surface area contributed by atoms with Crippen molar-refractivity contribution in [3.8, 4) is 0 Å². The maximum absolute atomic E-state index is 12.8. The number of amides is 1. The van der Waals surface area contributed by atoms with Gasteiger partial charge in [-0.15, -0.1) is 5.10 Å². The van der Waals surface area contributed by atoms with Crippen molar-refractivity contribution in [2.24, 2.45) is 7.05 Å². The highest BCUT2D eigenvalue weighted by molar-refractivity contribution is 7.99. The molecule has 1 atom stereocenters. The topological polar surface area (TPSA) is 79.8 Å². The number of benzene rings is 1. The van der Waals surface area contributed by atoms with Gasteiger partial charge in [-0.3, -0.25) is 9.36 Å². The van der Waals surface area contributed by atoms with Crippen LogP contribution < -0.4 is 11.0 Å². The van der Waals surface area contributed by atoms with E-state index in [1.807, 2.05) is 6.92 Å². The molecule has 0 aliphatic heterocycles. The molecular formula is C13H15FN4O2S. The van der Waals surface area contributed by atoms with Crippen molar-refractivity contribution >= 4 is 17.7 Å². The predicted octanol–water partition coefficient (Wildman–Crippen LogP) is 1.22. The molecule has 0 radical (unpaired) electrons. The van der Waals surface area contributed by atoms with Crippen LogP contribution in [-0.2, 0) is 11.8 Å². The first-order valence-corrected chi connectivity index (χ1v) is 7.25. The van der Waals surface area contributed by atoms with Crippen molar-refractivity contribution in [3.63, 3.8) is 0 Å². The summed E-state index contributed by atoms with van der Waals surface area (Å²) < 4.78 is 14.2. The lowest BCUT2D eigenvalue weighted by molar-refractivity contribution is -0.119. The van der Waals surface area contributed by atoms with Crippen LogP contribution in [0.25, 0.3) is 0 Å². The SMILES string of the molecule is CC(NC(=O)CSc1n[nH]c(=O)n1C)c1ccc(F)cc1. The Balaban J connectivity index is 1.88. The van der Waals surface area contributed by atoms with Crippen LogP contribution in [0.2, 0.25) is 0 Å². The fraction of sp³-hybridized carbons (Fsp3) is 0.308. The normalized spacial score (nSPS) is 12.1. The third kappa shape index (κ3) is 3.94. The van der Waals surface area contributed by atoms with Gasteiger partial charge in [0.25, 0.3) is 0 Å². The molecule has 0 aliphatic rings. The first kappa shape index (κ1) is 15.3. The van der Waals surface area contributed by atoms with Crippen LogP contribution in [0.5, 0.6) is 0 Å². The molecule has 112 valence electrons. The summed E-state index contributed by atoms with van der Waals surface area (Å²) in [6, 6.07) is 5.75. The van der Waals surface area contributed by atoms with Crippen molar-refractivity contribution in [2.45, 2.75) is 18.1 Å². The fourth-order valence-corrected chi connectivity index (χ4v) is 2.44. The van der Waals surface area contributed by atoms with Gasteiger partial charge in [0, 0.05) is 7.05 Å². The molecule has 0 saturated carbocycles. The van der Waals surface area contributed by atoms with E-state index in [-0.39, 0.29) is 29.2 Å². The summed E-state index contributed by atoms with van der Waals surface area (Å²) in [5.74, 6) is -0.358. The van der Waals surface area contributed by atoms with Crippen LogP contribution in [0.1, 0.15) is 18.5 Å². The summed E-state index contributed by atoms with van der Waals surface area (Å²) in [6.45, 7) is 1.82. The Labute approximate surface area is 124 Å². The van der Waals surface area contributed by atoms with Gasteiger partial charge in [0.1, 0.15) is 5.82 Å². The van der Waals surface area contributed by atoms with Gasteiger partial charge in [0.2, 0.25) is 5.91 Å². The van der Waals surface area contributed by atoms with Gasteiger partial charge < -0.3 is 5.32 Å². The zero-order valence-corrected chi connectivity index (χ0v) is 12.4. The van der Waals surface area contributed by atoms with Crippen molar-refractivity contribution in [3.05, 3.63) is 46.1 Å². The Hall–Kier alpha value is -2.09. The lowest BCUT2D eigenvalue weighted by Gasteiger charge is -2.14. The van der Waals surface area contributed by atoms with Crippen molar-refractivity contribution < 1.29 is 9.18 Å². The third-order valence-electron chi connectivity index (χ3n) is 2.92. The summed E-state index contributed by atoms with van der Waals surface area (Å²) in [6.07, 6.45) is 0. The van der Waals surface area contributed by atoms with Crippen LogP contribution >= 0.6 is 11.8 Å². The van der Waals surface area contributed by atoms with Crippen molar-refractivity contribution in [2.75, 3.05) is 5.75 Å². The Morgan fingerprint density at radius 1 is 1.48 bits per heavy atom. The van der Waals surface area contributed by atoms with Crippen LogP contribution in [0, 0.1) is 5.82 Å². The Morgan fingerprint density at radius 2 is 2.14 bits per heavy atom. The summed E-state index contributed by atoms with van der Waals surface area (Å²) in [5.41, 5.74) is 0.500. The number of nitrogens with one attached hydrogen (secondary N) is 2. The number of thioether (sulfide) groups is 1. The minimum absolute atomic E-state index is 0.143. The third-order valence-corrected chi connectivity index (χ3v) is 3.95. The standard InChI is InChI=1S/C13H15FN4O2S/c1-8(9-3-5-10(14)6-4-9)15-11(19)7-21-13-17-16-12(20)18(13)2/h3-6,8H,7H2,1-2H3,(H,15,19)(H,16,20). The van der Waals surface area contributed by atoms with Crippen molar-refractivity contribution in [1.82, 2.24) is 20.1 Å². The molecule has 21 heavy (non-hydrogen) atoms. The van der Waals surface area contributed by atoms with Gasteiger partial charge in [0.05, 0.1) is 11.8 Å². The minimum Gasteiger partial charge on any atom is -0.349 e. The Morgan fingerprint density at radius 3 is 2.71 bits per heavy atom. The van der Waals surface area contributed by atoms with E-state index < -0.39 is 0 Å². The second-order valence-electron chi connectivity index (χ2n) is 4.50. The van der Waals surface area contributed by atoms with Crippen molar-refractivity contribution in [1.29, 1.82) is 0 Å². The van der Waals surface area contributed by atoms with E-state index in [0.29, 0.717) is 5.16 Å². The highest BCUT2D eigenvalue weighted by atomic mass is 32.2. The molecule has 0 aliphatic carbocycles. The maximum atomic E-state index is 12.8. The fourth-order valence-electron chi connectivity index (χ4n) is 1.71. The molecule has 1 heterocycles. The molecule has 0 saturated heterocycles. The molecule has 2 rings (SSSR count). The molecule has 1 aromatic heterocycles. The largest absolute Gasteiger partial charge is 0.349 e.